The molecule has 0 saturated heterocycles. The first-order valence-electron chi connectivity index (χ1n) is 12.4. The van der Waals surface area contributed by atoms with Crippen molar-refractivity contribution < 1.29 is 38.3 Å². The van der Waals surface area contributed by atoms with Gasteiger partial charge in [0.05, 0.1) is 17.4 Å². The molecule has 2 aromatic heterocycles. The summed E-state index contributed by atoms with van der Waals surface area (Å²) in [6.07, 6.45) is 5.16. The molecule has 0 fully saturated rings. The molecule has 208 valence electrons. The van der Waals surface area contributed by atoms with Gasteiger partial charge in [-0.05, 0) is 58.3 Å². The summed E-state index contributed by atoms with van der Waals surface area (Å²) in [6, 6.07) is 2.88. The van der Waals surface area contributed by atoms with Gasteiger partial charge in [0.2, 0.25) is 11.7 Å². The van der Waals surface area contributed by atoms with Crippen LogP contribution >= 0.6 is 11.8 Å². The summed E-state index contributed by atoms with van der Waals surface area (Å²) in [5, 5.41) is 28.8. The summed E-state index contributed by atoms with van der Waals surface area (Å²) in [4.78, 5) is 44.2. The van der Waals surface area contributed by atoms with Gasteiger partial charge in [0.15, 0.2) is 23.1 Å². The maximum atomic E-state index is 14.1. The number of nitrogens with zero attached hydrogens (tertiary/aromatic N) is 2. The van der Waals surface area contributed by atoms with Crippen LogP contribution in [0.5, 0.6) is 17.2 Å². The van der Waals surface area contributed by atoms with Crippen molar-refractivity contribution in [2.75, 3.05) is 12.0 Å². The van der Waals surface area contributed by atoms with Crippen molar-refractivity contribution in [1.29, 1.82) is 0 Å². The van der Waals surface area contributed by atoms with E-state index >= 15 is 0 Å². The van der Waals surface area contributed by atoms with E-state index in [0.717, 1.165) is 0 Å². The van der Waals surface area contributed by atoms with Gasteiger partial charge in [0.25, 0.3) is 0 Å². The molecule has 0 amide bonds. The van der Waals surface area contributed by atoms with Gasteiger partial charge >= 0.3 is 0 Å². The largest absolute Gasteiger partial charge is 0.507 e. The molecule has 3 aromatic rings. The smallest absolute Gasteiger partial charge is 0.249 e. The Kier molecular flexibility index (Phi) is 6.82. The number of thioether (sulfide) groups is 1. The predicted octanol–water partition coefficient (Wildman–Crippen LogP) is 4.30. The Morgan fingerprint density at radius 3 is 2.62 bits per heavy atom. The number of phenols is 2. The number of ether oxygens (including phenoxy) is 1. The van der Waals surface area contributed by atoms with Gasteiger partial charge in [-0.1, -0.05) is 5.16 Å². The molecule has 11 nitrogen and oxygen atoms in total. The second kappa shape index (κ2) is 10.0. The van der Waals surface area contributed by atoms with E-state index in [1.807, 2.05) is 6.26 Å². The first-order chi connectivity index (χ1) is 19.0. The molecule has 2 unspecified atom stereocenters. The fourth-order valence-corrected chi connectivity index (χ4v) is 5.54. The number of carbonyl (C=O) groups excluding carboxylic acids is 3. The first kappa shape index (κ1) is 27.3. The Bertz CT molecular complexity index is 1620. The van der Waals surface area contributed by atoms with E-state index in [2.05, 4.69) is 15.5 Å². The Morgan fingerprint density at radius 1 is 1.23 bits per heavy atom. The molecule has 3 heterocycles. The number of carbonyl (C=O) groups is 3. The van der Waals surface area contributed by atoms with E-state index in [1.54, 1.807) is 30.8 Å². The van der Waals surface area contributed by atoms with Crippen LogP contribution in [0.25, 0.3) is 11.6 Å². The third kappa shape index (κ3) is 4.10. The van der Waals surface area contributed by atoms with Gasteiger partial charge in [0.1, 0.15) is 40.0 Å². The van der Waals surface area contributed by atoms with Crippen LogP contribution in [-0.2, 0) is 15.0 Å². The number of nitrogens with one attached hydrogen (secondary N) is 1. The van der Waals surface area contributed by atoms with E-state index in [-0.39, 0.29) is 56.9 Å². The number of rotatable bonds is 8. The number of benzene rings is 1. The van der Waals surface area contributed by atoms with Crippen LogP contribution < -0.4 is 10.1 Å². The highest BCUT2D eigenvalue weighted by atomic mass is 32.2. The van der Waals surface area contributed by atoms with Crippen molar-refractivity contribution in [1.82, 2.24) is 15.5 Å². The quantitative estimate of drug-likeness (QED) is 0.202. The lowest BCUT2D eigenvalue weighted by Gasteiger charge is -2.29. The average Bonchev–Trinajstić information content (AvgIpc) is 3.65. The van der Waals surface area contributed by atoms with Crippen LogP contribution in [0.2, 0.25) is 0 Å². The summed E-state index contributed by atoms with van der Waals surface area (Å²) < 4.78 is 16.7. The van der Waals surface area contributed by atoms with Crippen LogP contribution in [0.4, 0.5) is 0 Å². The number of fused-ring (bicyclic) bond motifs is 3. The standard InChI is InChI=1S/C28H27N3O8S/c1-12-22(34)20(14(3)32)24-21(23(12)35)28(4)18(38-24)11-16(33)19(25(28)36)13(2)29-15(8-10-40-5)27-30-26(31-39-27)17-7-6-9-37-17/h6-7,9,11,15,29,34-35H,8,10H2,1-5H3. The van der Waals surface area contributed by atoms with Crippen molar-refractivity contribution in [3.63, 3.8) is 0 Å². The van der Waals surface area contributed by atoms with Gasteiger partial charge < -0.3 is 29.2 Å². The van der Waals surface area contributed by atoms with E-state index in [0.29, 0.717) is 17.9 Å². The number of ketones is 3. The molecule has 40 heavy (non-hydrogen) atoms. The first-order valence-corrected chi connectivity index (χ1v) is 13.8. The van der Waals surface area contributed by atoms with Gasteiger partial charge in [-0.15, -0.1) is 0 Å². The fourth-order valence-electron chi connectivity index (χ4n) is 5.07. The lowest BCUT2D eigenvalue weighted by atomic mass is 9.70. The molecule has 1 aliphatic heterocycles. The second-order valence-corrected chi connectivity index (χ2v) is 10.8. The number of hydrogen-bond donors (Lipinski definition) is 3. The summed E-state index contributed by atoms with van der Waals surface area (Å²) >= 11 is 1.60. The van der Waals surface area contributed by atoms with Crippen LogP contribution in [0.1, 0.15) is 60.6 Å². The molecule has 1 aliphatic carbocycles. The van der Waals surface area contributed by atoms with Crippen molar-refractivity contribution >= 4 is 29.1 Å². The molecule has 12 heteroatoms. The molecule has 0 bridgehead atoms. The van der Waals surface area contributed by atoms with Crippen molar-refractivity contribution in [2.45, 2.75) is 45.6 Å². The zero-order chi connectivity index (χ0) is 28.9. The van der Waals surface area contributed by atoms with Crippen LogP contribution in [0, 0.1) is 6.92 Å². The minimum Gasteiger partial charge on any atom is -0.507 e. The van der Waals surface area contributed by atoms with Gasteiger partial charge in [-0.3, -0.25) is 14.4 Å². The number of phenolic OH excluding ortho intramolecular Hbond substituents is 2. The Labute approximate surface area is 233 Å². The fraction of sp³-hybridized carbons (Fsp3) is 0.321. The zero-order valence-electron chi connectivity index (χ0n) is 22.4. The summed E-state index contributed by atoms with van der Waals surface area (Å²) in [5.41, 5.74) is -1.59. The zero-order valence-corrected chi connectivity index (χ0v) is 23.3. The molecule has 0 spiro atoms. The van der Waals surface area contributed by atoms with E-state index in [9.17, 15) is 24.6 Å². The topological polar surface area (TPSA) is 165 Å². The third-order valence-electron chi connectivity index (χ3n) is 7.24. The van der Waals surface area contributed by atoms with Gasteiger partial charge in [0, 0.05) is 17.3 Å². The second-order valence-electron chi connectivity index (χ2n) is 9.80. The van der Waals surface area contributed by atoms with E-state index in [4.69, 9.17) is 13.7 Å². The molecule has 2 atom stereocenters. The Morgan fingerprint density at radius 2 is 1.98 bits per heavy atom. The normalized spacial score (nSPS) is 20.0. The molecule has 1 aromatic carbocycles. The Hall–Kier alpha value is -4.32. The van der Waals surface area contributed by atoms with Crippen LogP contribution in [0.15, 0.2) is 50.4 Å². The predicted molar refractivity (Wildman–Crippen MR) is 144 cm³/mol. The Balaban J connectivity index is 1.57. The summed E-state index contributed by atoms with van der Waals surface area (Å²) in [7, 11) is 0. The number of Topliss-reactive ketones (excluding diaryl/α,β-unsaturated/α-hetero) is 2. The average molecular weight is 566 g/mol. The summed E-state index contributed by atoms with van der Waals surface area (Å²) in [6.45, 7) is 5.79. The maximum absolute atomic E-state index is 14.1. The molecule has 5 rings (SSSR count). The van der Waals surface area contributed by atoms with Crippen molar-refractivity contribution in [3.05, 3.63) is 64.1 Å². The van der Waals surface area contributed by atoms with E-state index < -0.39 is 34.6 Å². The van der Waals surface area contributed by atoms with Gasteiger partial charge in [-0.25, -0.2) is 0 Å². The number of aromatic nitrogens is 2. The van der Waals surface area contributed by atoms with Crippen molar-refractivity contribution in [3.8, 4) is 28.8 Å². The highest BCUT2D eigenvalue weighted by molar-refractivity contribution is 7.98. The van der Waals surface area contributed by atoms with E-state index in [1.165, 1.54) is 33.1 Å². The van der Waals surface area contributed by atoms with Crippen molar-refractivity contribution in [2.24, 2.45) is 0 Å². The molecule has 0 saturated carbocycles. The monoisotopic (exact) mass is 565 g/mol. The minimum absolute atomic E-state index is 0.0287. The SMILES string of the molecule is CSCCC(NC(C)=C1C(=O)C=C2Oc3c(C(C)=O)c(O)c(C)c(O)c3C2(C)C1=O)c1nc(-c2ccco2)no1. The van der Waals surface area contributed by atoms with Gasteiger partial charge in [-0.2, -0.15) is 16.7 Å². The molecular formula is C28H27N3O8S. The molecule has 0 radical (unpaired) electrons. The minimum atomic E-state index is -1.61. The lowest BCUT2D eigenvalue weighted by Crippen LogP contribution is -2.41. The maximum Gasteiger partial charge on any atom is 0.249 e. The highest BCUT2D eigenvalue weighted by Gasteiger charge is 2.56. The molecule has 2 aliphatic rings. The summed E-state index contributed by atoms with van der Waals surface area (Å²) in [5.74, 6) is -1.07. The van der Waals surface area contributed by atoms with Crippen LogP contribution in [0.3, 0.4) is 0 Å². The number of allylic oxidation sites excluding steroid dienone is 4. The third-order valence-corrected chi connectivity index (χ3v) is 7.89. The lowest BCUT2D eigenvalue weighted by molar-refractivity contribution is -0.123. The highest BCUT2D eigenvalue weighted by Crippen LogP contribution is 2.57. The molecular weight excluding hydrogens is 538 g/mol. The number of aromatic hydroxyl groups is 2. The number of hydrogen-bond acceptors (Lipinski definition) is 12. The van der Waals surface area contributed by atoms with Crippen LogP contribution in [-0.4, -0.2) is 49.7 Å². The molecule has 3 N–H and O–H groups in total. The number of furan rings is 1.